The SMILES string of the molecule is c1cc2c3c(c1)N(c1ccncc1)c1c(ccc4c1ccc1c5ccccc5ccc41)B3c1ccc3c(ccc4c5ccccc5ccc34)c1N2c1ccncc1. The van der Waals surface area contributed by atoms with Crippen LogP contribution in [0.25, 0.3) is 64.6 Å². The highest BCUT2D eigenvalue weighted by atomic mass is 15.2. The molecule has 0 atom stereocenters. The van der Waals surface area contributed by atoms with Crippen LogP contribution in [0.1, 0.15) is 0 Å². The lowest BCUT2D eigenvalue weighted by molar-refractivity contribution is 1.23. The largest absolute Gasteiger partial charge is 0.311 e. The summed E-state index contributed by atoms with van der Waals surface area (Å²) in [6.45, 7) is -0.00854. The second-order valence-corrected chi connectivity index (χ2v) is 15.3. The molecule has 4 heterocycles. The predicted octanol–water partition coefficient (Wildman–Crippen LogP) is 11.5. The van der Waals surface area contributed by atoms with Gasteiger partial charge in [0.05, 0.1) is 0 Å². The highest BCUT2D eigenvalue weighted by molar-refractivity contribution is 7.00. The Morgan fingerprint density at radius 1 is 0.316 bits per heavy atom. The van der Waals surface area contributed by atoms with Crippen molar-refractivity contribution >= 4 is 122 Å². The molecule has 2 aliphatic heterocycles. The molecule has 0 aliphatic carbocycles. The topological polar surface area (TPSA) is 32.3 Å². The van der Waals surface area contributed by atoms with Gasteiger partial charge in [0.2, 0.25) is 0 Å². The second kappa shape index (κ2) is 11.5. The molecule has 4 nitrogen and oxygen atoms in total. The van der Waals surface area contributed by atoms with E-state index in [-0.39, 0.29) is 6.71 Å². The van der Waals surface area contributed by atoms with E-state index in [2.05, 4.69) is 184 Å². The maximum absolute atomic E-state index is 4.45. The Labute approximate surface area is 329 Å². The molecule has 13 rings (SSSR count). The fourth-order valence-corrected chi connectivity index (χ4v) is 10.2. The van der Waals surface area contributed by atoms with Crippen LogP contribution in [-0.2, 0) is 0 Å². The van der Waals surface area contributed by atoms with E-state index in [1.165, 1.54) is 104 Å². The van der Waals surface area contributed by atoms with Gasteiger partial charge in [0.1, 0.15) is 0 Å². The van der Waals surface area contributed by atoms with Crippen molar-refractivity contribution in [3.63, 3.8) is 0 Å². The molecule has 0 saturated heterocycles. The Morgan fingerprint density at radius 2 is 0.702 bits per heavy atom. The first-order valence-corrected chi connectivity index (χ1v) is 19.6. The van der Waals surface area contributed by atoms with Crippen LogP contribution in [0.4, 0.5) is 34.1 Å². The van der Waals surface area contributed by atoms with Gasteiger partial charge in [-0.1, -0.05) is 127 Å². The molecule has 0 fully saturated rings. The minimum atomic E-state index is -0.00854. The van der Waals surface area contributed by atoms with E-state index < -0.39 is 0 Å². The molecule has 5 heteroatoms. The number of fused-ring (bicyclic) bond motifs is 16. The summed E-state index contributed by atoms with van der Waals surface area (Å²) in [5.74, 6) is 0. The number of rotatable bonds is 2. The highest BCUT2D eigenvalue weighted by Gasteiger charge is 2.44. The van der Waals surface area contributed by atoms with Crippen LogP contribution >= 0.6 is 0 Å². The number of hydrogen-bond donors (Lipinski definition) is 0. The van der Waals surface area contributed by atoms with Crippen LogP contribution in [0.2, 0.25) is 0 Å². The van der Waals surface area contributed by atoms with Gasteiger partial charge in [-0.15, -0.1) is 0 Å². The van der Waals surface area contributed by atoms with Crippen molar-refractivity contribution in [3.05, 3.63) is 189 Å². The summed E-state index contributed by atoms with van der Waals surface area (Å²) >= 11 is 0. The molecule has 2 aliphatic rings. The molecular weight excluding hydrogens is 691 g/mol. The van der Waals surface area contributed by atoms with Crippen LogP contribution in [0.5, 0.6) is 0 Å². The molecule has 57 heavy (non-hydrogen) atoms. The first-order valence-electron chi connectivity index (χ1n) is 19.6. The number of nitrogens with zero attached hydrogens (tertiary/aromatic N) is 4. The summed E-state index contributed by atoms with van der Waals surface area (Å²) in [5, 5.41) is 15.1. The van der Waals surface area contributed by atoms with Crippen molar-refractivity contribution in [1.29, 1.82) is 0 Å². The average molecular weight is 723 g/mol. The van der Waals surface area contributed by atoms with E-state index in [0.29, 0.717) is 0 Å². The quantitative estimate of drug-likeness (QED) is 0.131. The third kappa shape index (κ3) is 4.18. The van der Waals surface area contributed by atoms with E-state index >= 15 is 0 Å². The average Bonchev–Trinajstić information content (AvgIpc) is 3.28. The van der Waals surface area contributed by atoms with Gasteiger partial charge in [0, 0.05) is 69.7 Å². The molecule has 0 bridgehead atoms. The van der Waals surface area contributed by atoms with Crippen molar-refractivity contribution in [2.24, 2.45) is 0 Å². The summed E-state index contributed by atoms with van der Waals surface area (Å²) in [4.78, 5) is 13.9. The normalized spacial score (nSPS) is 13.2. The molecule has 262 valence electrons. The molecule has 0 amide bonds. The summed E-state index contributed by atoms with van der Waals surface area (Å²) in [5.41, 5.74) is 10.8. The maximum Gasteiger partial charge on any atom is 0.252 e. The van der Waals surface area contributed by atoms with E-state index in [1.807, 2.05) is 24.8 Å². The summed E-state index contributed by atoms with van der Waals surface area (Å²) < 4.78 is 0. The third-order valence-corrected chi connectivity index (χ3v) is 12.6. The smallest absolute Gasteiger partial charge is 0.252 e. The van der Waals surface area contributed by atoms with Gasteiger partial charge in [-0.25, -0.2) is 0 Å². The minimum absolute atomic E-state index is 0.00854. The van der Waals surface area contributed by atoms with Crippen LogP contribution in [0.3, 0.4) is 0 Å². The zero-order chi connectivity index (χ0) is 37.2. The Balaban J connectivity index is 1.16. The standard InChI is InChI=1S/C52H31BN4/c1-3-8-36-32(6-1)12-14-40-38(36)16-18-44-42(40)20-22-46-51(44)56(34-24-28-54-29-25-34)48-10-5-11-49-50(48)53(46)47-23-21-43-41-15-13-33-7-2-4-9-37(33)39(41)17-19-45(43)52(47)57(49)35-26-30-55-31-27-35/h1-31H. The summed E-state index contributed by atoms with van der Waals surface area (Å²) in [6, 6.07) is 60.9. The van der Waals surface area contributed by atoms with E-state index in [4.69, 9.17) is 0 Å². The Hall–Kier alpha value is -7.50. The van der Waals surface area contributed by atoms with Crippen LogP contribution in [-0.4, -0.2) is 16.7 Å². The van der Waals surface area contributed by atoms with Gasteiger partial charge < -0.3 is 9.80 Å². The first kappa shape index (κ1) is 30.8. The highest BCUT2D eigenvalue weighted by Crippen LogP contribution is 2.48. The number of hydrogen-bond acceptors (Lipinski definition) is 4. The maximum atomic E-state index is 4.45. The lowest BCUT2D eigenvalue weighted by Crippen LogP contribution is -2.61. The van der Waals surface area contributed by atoms with Crippen molar-refractivity contribution in [2.75, 3.05) is 9.80 Å². The lowest BCUT2D eigenvalue weighted by atomic mass is 9.33. The van der Waals surface area contributed by atoms with E-state index in [1.54, 1.807) is 0 Å². The first-order chi connectivity index (χ1) is 28.3. The minimum Gasteiger partial charge on any atom is -0.311 e. The van der Waals surface area contributed by atoms with Crippen LogP contribution in [0.15, 0.2) is 189 Å². The molecule has 9 aromatic carbocycles. The van der Waals surface area contributed by atoms with E-state index in [0.717, 1.165) is 11.4 Å². The Morgan fingerprint density at radius 3 is 1.19 bits per heavy atom. The number of aromatic nitrogens is 2. The van der Waals surface area contributed by atoms with Gasteiger partial charge in [-0.05, 0) is 107 Å². The zero-order valence-corrected chi connectivity index (χ0v) is 30.8. The molecular formula is C52H31BN4. The lowest BCUT2D eigenvalue weighted by Gasteiger charge is -2.44. The molecule has 11 aromatic rings. The van der Waals surface area contributed by atoms with Crippen molar-refractivity contribution < 1.29 is 0 Å². The van der Waals surface area contributed by atoms with Gasteiger partial charge in [-0.2, -0.15) is 0 Å². The van der Waals surface area contributed by atoms with Crippen LogP contribution in [0, 0.1) is 0 Å². The number of pyridine rings is 2. The third-order valence-electron chi connectivity index (χ3n) is 12.6. The Bertz CT molecular complexity index is 3270. The molecule has 0 N–H and O–H groups in total. The molecule has 0 spiro atoms. The van der Waals surface area contributed by atoms with Crippen molar-refractivity contribution in [3.8, 4) is 0 Å². The summed E-state index contributed by atoms with van der Waals surface area (Å²) in [6.07, 6.45) is 7.62. The van der Waals surface area contributed by atoms with Crippen LogP contribution < -0.4 is 26.2 Å². The van der Waals surface area contributed by atoms with Gasteiger partial charge in [0.25, 0.3) is 6.71 Å². The molecule has 0 saturated carbocycles. The number of benzene rings is 9. The van der Waals surface area contributed by atoms with Gasteiger partial charge >= 0.3 is 0 Å². The second-order valence-electron chi connectivity index (χ2n) is 15.3. The van der Waals surface area contributed by atoms with Gasteiger partial charge in [-0.3, -0.25) is 9.97 Å². The summed E-state index contributed by atoms with van der Waals surface area (Å²) in [7, 11) is 0. The predicted molar refractivity (Wildman–Crippen MR) is 241 cm³/mol. The molecule has 0 unspecified atom stereocenters. The molecule has 2 aromatic heterocycles. The monoisotopic (exact) mass is 722 g/mol. The fraction of sp³-hybridized carbons (Fsp3) is 0. The molecule has 0 radical (unpaired) electrons. The van der Waals surface area contributed by atoms with Crippen molar-refractivity contribution in [1.82, 2.24) is 9.97 Å². The zero-order valence-electron chi connectivity index (χ0n) is 30.8. The number of anilines is 6. The Kier molecular flexibility index (Phi) is 6.22. The van der Waals surface area contributed by atoms with E-state index in [9.17, 15) is 0 Å². The van der Waals surface area contributed by atoms with Crippen molar-refractivity contribution in [2.45, 2.75) is 0 Å². The van der Waals surface area contributed by atoms with Gasteiger partial charge in [0.15, 0.2) is 0 Å². The fourth-order valence-electron chi connectivity index (χ4n) is 10.2.